The highest BCUT2D eigenvalue weighted by Crippen LogP contribution is 2.15. The minimum Gasteiger partial charge on any atom is -0.469 e. The van der Waals surface area contributed by atoms with Gasteiger partial charge >= 0.3 is 0 Å². The van der Waals surface area contributed by atoms with E-state index in [9.17, 15) is 4.79 Å². The van der Waals surface area contributed by atoms with Crippen LogP contribution in [0.5, 0.6) is 0 Å². The fraction of sp³-hybridized carbons (Fsp3) is 0.667. The number of hydrogen-bond donors (Lipinski definition) is 3. The van der Waals surface area contributed by atoms with Crippen molar-refractivity contribution in [3.63, 3.8) is 0 Å². The van der Waals surface area contributed by atoms with Crippen molar-refractivity contribution in [3.05, 3.63) is 24.2 Å². The zero-order valence-corrected chi connectivity index (χ0v) is 18.2. The van der Waals surface area contributed by atoms with Crippen molar-refractivity contribution in [2.75, 3.05) is 33.3 Å². The molecule has 7 nitrogen and oxygen atoms in total. The Bertz CT molecular complexity index is 555. The Morgan fingerprint density at radius 3 is 2.81 bits per heavy atom. The Balaban J connectivity index is 0.00000338. The van der Waals surface area contributed by atoms with Crippen molar-refractivity contribution < 1.29 is 13.9 Å². The fourth-order valence-electron chi connectivity index (χ4n) is 2.64. The lowest BCUT2D eigenvalue weighted by Crippen LogP contribution is -2.43. The number of nitrogens with zero attached hydrogens (tertiary/aromatic N) is 1. The second-order valence-electron chi connectivity index (χ2n) is 6.90. The molecule has 0 aromatic carbocycles. The van der Waals surface area contributed by atoms with Crippen LogP contribution in [0.3, 0.4) is 0 Å². The van der Waals surface area contributed by atoms with Crippen molar-refractivity contribution in [2.45, 2.75) is 39.2 Å². The number of amides is 1. The molecule has 148 valence electrons. The summed E-state index contributed by atoms with van der Waals surface area (Å²) in [6, 6.07) is 3.83. The number of hydrogen-bond acceptors (Lipinski definition) is 4. The smallest absolute Gasteiger partial charge is 0.227 e. The highest BCUT2D eigenvalue weighted by atomic mass is 127. The van der Waals surface area contributed by atoms with Gasteiger partial charge < -0.3 is 25.1 Å². The molecule has 1 aliphatic rings. The zero-order chi connectivity index (χ0) is 18.1. The first-order valence-electron chi connectivity index (χ1n) is 8.89. The molecule has 1 atom stereocenters. The van der Waals surface area contributed by atoms with Gasteiger partial charge in [0.25, 0.3) is 0 Å². The fourth-order valence-corrected chi connectivity index (χ4v) is 2.64. The van der Waals surface area contributed by atoms with E-state index in [2.05, 4.69) is 20.9 Å². The predicted molar refractivity (Wildman–Crippen MR) is 113 cm³/mol. The van der Waals surface area contributed by atoms with E-state index in [-0.39, 0.29) is 36.0 Å². The molecule has 1 unspecified atom stereocenters. The van der Waals surface area contributed by atoms with Crippen LogP contribution in [0.4, 0.5) is 0 Å². The molecule has 0 bridgehead atoms. The van der Waals surface area contributed by atoms with Gasteiger partial charge in [0.15, 0.2) is 5.96 Å². The van der Waals surface area contributed by atoms with Gasteiger partial charge in [0.1, 0.15) is 5.76 Å². The van der Waals surface area contributed by atoms with Crippen LogP contribution in [0.25, 0.3) is 0 Å². The average Bonchev–Trinajstić information content (AvgIpc) is 3.29. The first-order chi connectivity index (χ1) is 12.0. The average molecular weight is 478 g/mol. The zero-order valence-electron chi connectivity index (χ0n) is 15.8. The van der Waals surface area contributed by atoms with E-state index in [0.717, 1.165) is 31.6 Å². The number of furan rings is 1. The van der Waals surface area contributed by atoms with Crippen molar-refractivity contribution in [1.29, 1.82) is 0 Å². The summed E-state index contributed by atoms with van der Waals surface area (Å²) < 4.78 is 11.0. The number of guanidine groups is 1. The molecule has 1 saturated heterocycles. The molecule has 2 heterocycles. The lowest BCUT2D eigenvalue weighted by atomic mass is 9.93. The first-order valence-corrected chi connectivity index (χ1v) is 8.89. The van der Waals surface area contributed by atoms with Gasteiger partial charge in [-0.25, -0.2) is 0 Å². The molecule has 26 heavy (non-hydrogen) atoms. The maximum absolute atomic E-state index is 11.9. The van der Waals surface area contributed by atoms with Gasteiger partial charge in [-0.3, -0.25) is 9.79 Å². The van der Waals surface area contributed by atoms with E-state index in [1.165, 1.54) is 0 Å². The van der Waals surface area contributed by atoms with E-state index < -0.39 is 5.41 Å². The molecular formula is C18H31IN4O3. The standard InChI is InChI=1S/C18H30N4O3.HI/c1-18(2,16(23)19-3)13-22-17(21-12-15-7-5-11-25-15)20-9-8-14-6-4-10-24-14;/h4,6,10,15H,5,7-9,11-13H2,1-3H3,(H,19,23)(H2,20,21,22);1H. The Hall–Kier alpha value is -1.29. The Labute approximate surface area is 172 Å². The lowest BCUT2D eigenvalue weighted by Gasteiger charge is -2.21. The number of rotatable bonds is 8. The number of ether oxygens (including phenoxy) is 1. The van der Waals surface area contributed by atoms with E-state index in [4.69, 9.17) is 9.15 Å². The van der Waals surface area contributed by atoms with Crippen LogP contribution in [-0.2, 0) is 16.0 Å². The minimum atomic E-state index is -0.561. The molecule has 1 fully saturated rings. The molecule has 1 amide bonds. The number of aliphatic imine (C=N–C) groups is 1. The number of halogens is 1. The quantitative estimate of drug-likeness (QED) is 0.302. The molecular weight excluding hydrogens is 447 g/mol. The summed E-state index contributed by atoms with van der Waals surface area (Å²) in [7, 11) is 1.64. The first kappa shape index (κ1) is 22.8. The maximum atomic E-state index is 11.9. The third kappa shape index (κ3) is 7.53. The van der Waals surface area contributed by atoms with Gasteiger partial charge in [-0.2, -0.15) is 0 Å². The van der Waals surface area contributed by atoms with Crippen molar-refractivity contribution in [2.24, 2.45) is 10.4 Å². The summed E-state index contributed by atoms with van der Waals surface area (Å²) in [5.41, 5.74) is -0.561. The van der Waals surface area contributed by atoms with Crippen LogP contribution in [0.15, 0.2) is 27.8 Å². The van der Waals surface area contributed by atoms with E-state index in [1.807, 2.05) is 26.0 Å². The monoisotopic (exact) mass is 478 g/mol. The summed E-state index contributed by atoms with van der Waals surface area (Å²) in [5.74, 6) is 1.60. The maximum Gasteiger partial charge on any atom is 0.227 e. The lowest BCUT2D eigenvalue weighted by molar-refractivity contribution is -0.128. The Morgan fingerprint density at radius 1 is 1.38 bits per heavy atom. The molecule has 3 N–H and O–H groups in total. The molecule has 1 aromatic heterocycles. The van der Waals surface area contributed by atoms with Crippen molar-refractivity contribution in [1.82, 2.24) is 16.0 Å². The molecule has 0 aliphatic carbocycles. The van der Waals surface area contributed by atoms with Gasteiger partial charge in [-0.05, 0) is 38.8 Å². The summed E-state index contributed by atoms with van der Waals surface area (Å²) >= 11 is 0. The van der Waals surface area contributed by atoms with Crippen LogP contribution in [0.2, 0.25) is 0 Å². The predicted octanol–water partition coefficient (Wildman–Crippen LogP) is 1.93. The number of carbonyl (C=O) groups excluding carboxylic acids is 1. The van der Waals surface area contributed by atoms with Gasteiger partial charge in [-0.1, -0.05) is 0 Å². The van der Waals surface area contributed by atoms with Crippen LogP contribution in [-0.4, -0.2) is 51.3 Å². The SMILES string of the molecule is CNC(=O)C(C)(C)CN=C(NCCc1ccco1)NCC1CCCO1.I. The topological polar surface area (TPSA) is 87.9 Å². The number of nitrogens with one attached hydrogen (secondary N) is 3. The highest BCUT2D eigenvalue weighted by molar-refractivity contribution is 14.0. The number of carbonyl (C=O) groups is 1. The minimum absolute atomic E-state index is 0. The molecule has 0 radical (unpaired) electrons. The normalized spacial score (nSPS) is 17.5. The Kier molecular flexibility index (Phi) is 10.0. The van der Waals surface area contributed by atoms with Crippen LogP contribution >= 0.6 is 24.0 Å². The van der Waals surface area contributed by atoms with Gasteiger partial charge in [0.2, 0.25) is 5.91 Å². The molecule has 0 saturated carbocycles. The van der Waals surface area contributed by atoms with Gasteiger partial charge in [0, 0.05) is 33.2 Å². The van der Waals surface area contributed by atoms with E-state index >= 15 is 0 Å². The van der Waals surface area contributed by atoms with Crippen molar-refractivity contribution in [3.8, 4) is 0 Å². The second-order valence-corrected chi connectivity index (χ2v) is 6.90. The summed E-state index contributed by atoms with van der Waals surface area (Å²) in [5, 5.41) is 9.31. The molecule has 8 heteroatoms. The van der Waals surface area contributed by atoms with E-state index in [0.29, 0.717) is 25.6 Å². The van der Waals surface area contributed by atoms with Crippen LogP contribution in [0.1, 0.15) is 32.4 Å². The van der Waals surface area contributed by atoms with Crippen LogP contribution in [0, 0.1) is 5.41 Å². The van der Waals surface area contributed by atoms with Gasteiger partial charge in [-0.15, -0.1) is 24.0 Å². The van der Waals surface area contributed by atoms with Gasteiger partial charge in [0.05, 0.1) is 24.3 Å². The Morgan fingerprint density at radius 2 is 2.19 bits per heavy atom. The largest absolute Gasteiger partial charge is 0.469 e. The third-order valence-electron chi connectivity index (χ3n) is 4.24. The van der Waals surface area contributed by atoms with E-state index in [1.54, 1.807) is 13.3 Å². The summed E-state index contributed by atoms with van der Waals surface area (Å²) in [6.45, 7) is 6.41. The highest BCUT2D eigenvalue weighted by Gasteiger charge is 2.26. The third-order valence-corrected chi connectivity index (χ3v) is 4.24. The second kappa shape index (κ2) is 11.4. The summed E-state index contributed by atoms with van der Waals surface area (Å²) in [6.07, 6.45) is 4.84. The molecule has 0 spiro atoms. The molecule has 1 aromatic rings. The van der Waals surface area contributed by atoms with Crippen molar-refractivity contribution >= 4 is 35.8 Å². The summed E-state index contributed by atoms with van der Waals surface area (Å²) in [4.78, 5) is 16.5. The molecule has 2 rings (SSSR count). The van der Waals surface area contributed by atoms with Crippen LogP contribution < -0.4 is 16.0 Å². The molecule has 1 aliphatic heterocycles.